The first-order valence-electron chi connectivity index (χ1n) is 5.21. The van der Waals surface area contributed by atoms with Crippen molar-refractivity contribution in [3.63, 3.8) is 0 Å². The molecule has 0 saturated carbocycles. The summed E-state index contributed by atoms with van der Waals surface area (Å²) >= 11 is 0. The van der Waals surface area contributed by atoms with Crippen molar-refractivity contribution in [1.29, 1.82) is 0 Å². The Morgan fingerprint density at radius 1 is 1.39 bits per heavy atom. The molecule has 1 aromatic carbocycles. The smallest absolute Gasteiger partial charge is 0.339 e. The van der Waals surface area contributed by atoms with Gasteiger partial charge in [0.15, 0.2) is 0 Å². The van der Waals surface area contributed by atoms with Crippen LogP contribution in [0, 0.1) is 5.82 Å². The Morgan fingerprint density at radius 2 is 2.17 bits per heavy atom. The fourth-order valence-corrected chi connectivity index (χ4v) is 1.59. The molecule has 92 valence electrons. The molecule has 2 rings (SSSR count). The molecule has 0 bridgehead atoms. The van der Waals surface area contributed by atoms with Crippen LogP contribution in [0.2, 0.25) is 0 Å². The summed E-state index contributed by atoms with van der Waals surface area (Å²) < 4.78 is 17.8. The van der Waals surface area contributed by atoms with Gasteiger partial charge in [0.25, 0.3) is 0 Å². The molecule has 0 aliphatic heterocycles. The van der Waals surface area contributed by atoms with Gasteiger partial charge in [0.05, 0.1) is 12.7 Å². The summed E-state index contributed by atoms with van der Waals surface area (Å²) in [4.78, 5) is 15.3. The van der Waals surface area contributed by atoms with Crippen molar-refractivity contribution in [2.24, 2.45) is 0 Å². The molecule has 0 aliphatic carbocycles. The first-order chi connectivity index (χ1) is 8.61. The molecule has 0 saturated heterocycles. The molecule has 0 unspecified atom stereocenters. The van der Waals surface area contributed by atoms with Crippen LogP contribution in [0.3, 0.4) is 0 Å². The van der Waals surface area contributed by atoms with Crippen molar-refractivity contribution >= 4 is 11.8 Å². The maximum atomic E-state index is 13.2. The van der Waals surface area contributed by atoms with E-state index in [9.17, 15) is 9.18 Å². The second kappa shape index (κ2) is 4.83. The molecule has 5 heteroatoms. The van der Waals surface area contributed by atoms with E-state index in [4.69, 9.17) is 5.73 Å². The lowest BCUT2D eigenvalue weighted by Gasteiger charge is -2.07. The lowest BCUT2D eigenvalue weighted by atomic mass is 10.0. The minimum absolute atomic E-state index is 0.230. The van der Waals surface area contributed by atoms with Gasteiger partial charge in [-0.05, 0) is 23.8 Å². The van der Waals surface area contributed by atoms with Crippen LogP contribution in [0.5, 0.6) is 0 Å². The largest absolute Gasteiger partial charge is 0.465 e. The number of methoxy groups -OCH3 is 1. The van der Waals surface area contributed by atoms with Crippen molar-refractivity contribution in [2.75, 3.05) is 12.8 Å². The van der Waals surface area contributed by atoms with E-state index in [0.717, 1.165) is 0 Å². The predicted octanol–water partition coefficient (Wildman–Crippen LogP) is 2.26. The molecule has 0 aliphatic rings. The number of hydrogen-bond acceptors (Lipinski definition) is 4. The molecular formula is C13H11FN2O2. The SMILES string of the molecule is COC(=O)c1cnc(N)c(-c2cccc(F)c2)c1. The van der Waals surface area contributed by atoms with Gasteiger partial charge in [-0.25, -0.2) is 14.2 Å². The van der Waals surface area contributed by atoms with Crippen molar-refractivity contribution in [3.05, 3.63) is 47.9 Å². The van der Waals surface area contributed by atoms with Crippen LogP contribution in [0.1, 0.15) is 10.4 Å². The summed E-state index contributed by atoms with van der Waals surface area (Å²) in [7, 11) is 1.28. The van der Waals surface area contributed by atoms with Crippen LogP contribution in [0.4, 0.5) is 10.2 Å². The molecular weight excluding hydrogens is 235 g/mol. The van der Waals surface area contributed by atoms with Gasteiger partial charge in [0.1, 0.15) is 11.6 Å². The molecule has 0 atom stereocenters. The van der Waals surface area contributed by atoms with Crippen molar-refractivity contribution in [3.8, 4) is 11.1 Å². The topological polar surface area (TPSA) is 65.2 Å². The summed E-state index contributed by atoms with van der Waals surface area (Å²) in [5, 5.41) is 0. The number of pyridine rings is 1. The molecule has 4 nitrogen and oxygen atoms in total. The fraction of sp³-hybridized carbons (Fsp3) is 0.0769. The standard InChI is InChI=1S/C13H11FN2O2/c1-18-13(17)9-6-11(12(15)16-7-9)8-3-2-4-10(14)5-8/h2-7H,1H3,(H2,15,16). The van der Waals surface area contributed by atoms with Crippen LogP contribution < -0.4 is 5.73 Å². The van der Waals surface area contributed by atoms with Gasteiger partial charge in [0, 0.05) is 11.8 Å². The first-order valence-corrected chi connectivity index (χ1v) is 5.21. The van der Waals surface area contributed by atoms with Crippen molar-refractivity contribution in [1.82, 2.24) is 4.98 Å². The van der Waals surface area contributed by atoms with E-state index in [-0.39, 0.29) is 17.2 Å². The maximum absolute atomic E-state index is 13.2. The third-order valence-electron chi connectivity index (χ3n) is 2.48. The van der Waals surface area contributed by atoms with E-state index >= 15 is 0 Å². The second-order valence-corrected chi connectivity index (χ2v) is 3.66. The van der Waals surface area contributed by atoms with E-state index < -0.39 is 5.97 Å². The molecule has 0 fully saturated rings. The molecule has 1 aromatic heterocycles. The Balaban J connectivity index is 2.53. The number of carbonyl (C=O) groups excluding carboxylic acids is 1. The average Bonchev–Trinajstić information content (AvgIpc) is 2.38. The monoisotopic (exact) mass is 246 g/mol. The number of nitrogen functional groups attached to an aromatic ring is 1. The van der Waals surface area contributed by atoms with Gasteiger partial charge < -0.3 is 10.5 Å². The normalized spacial score (nSPS) is 10.1. The molecule has 0 amide bonds. The van der Waals surface area contributed by atoms with E-state index in [1.54, 1.807) is 12.1 Å². The highest BCUT2D eigenvalue weighted by Crippen LogP contribution is 2.25. The number of esters is 1. The Labute approximate surface area is 103 Å². The summed E-state index contributed by atoms with van der Waals surface area (Å²) in [6.45, 7) is 0. The highest BCUT2D eigenvalue weighted by Gasteiger charge is 2.11. The lowest BCUT2D eigenvalue weighted by Crippen LogP contribution is -2.04. The van der Waals surface area contributed by atoms with Crippen LogP contribution in [0.25, 0.3) is 11.1 Å². The number of ether oxygens (including phenoxy) is 1. The summed E-state index contributed by atoms with van der Waals surface area (Å²) in [5.41, 5.74) is 7.06. The molecule has 0 spiro atoms. The highest BCUT2D eigenvalue weighted by atomic mass is 19.1. The van der Waals surface area contributed by atoms with E-state index in [1.165, 1.54) is 31.5 Å². The third kappa shape index (κ3) is 2.29. The quantitative estimate of drug-likeness (QED) is 0.825. The first kappa shape index (κ1) is 12.0. The number of nitrogens with zero attached hydrogens (tertiary/aromatic N) is 1. The van der Waals surface area contributed by atoms with Crippen LogP contribution in [-0.4, -0.2) is 18.1 Å². The second-order valence-electron chi connectivity index (χ2n) is 3.66. The zero-order valence-corrected chi connectivity index (χ0v) is 9.68. The van der Waals surface area contributed by atoms with Gasteiger partial charge in [-0.1, -0.05) is 12.1 Å². The maximum Gasteiger partial charge on any atom is 0.339 e. The highest BCUT2D eigenvalue weighted by molar-refractivity contribution is 5.91. The lowest BCUT2D eigenvalue weighted by molar-refractivity contribution is 0.0600. The number of nitrogens with two attached hydrogens (primary N) is 1. The minimum Gasteiger partial charge on any atom is -0.465 e. The van der Waals surface area contributed by atoms with Gasteiger partial charge in [0.2, 0.25) is 0 Å². The zero-order valence-electron chi connectivity index (χ0n) is 9.68. The minimum atomic E-state index is -0.514. The van der Waals surface area contributed by atoms with E-state index in [2.05, 4.69) is 9.72 Å². The summed E-state index contributed by atoms with van der Waals surface area (Å²) in [6, 6.07) is 7.45. The average molecular weight is 246 g/mol. The van der Waals surface area contributed by atoms with Crippen LogP contribution in [-0.2, 0) is 4.74 Å². The number of hydrogen-bond donors (Lipinski definition) is 1. The van der Waals surface area contributed by atoms with Crippen LogP contribution in [0.15, 0.2) is 36.5 Å². The molecule has 2 aromatic rings. The number of benzene rings is 1. The van der Waals surface area contributed by atoms with Gasteiger partial charge >= 0.3 is 5.97 Å². The number of carbonyl (C=O) groups is 1. The number of anilines is 1. The molecule has 2 N–H and O–H groups in total. The van der Waals surface area contributed by atoms with Crippen molar-refractivity contribution in [2.45, 2.75) is 0 Å². The summed E-state index contributed by atoms with van der Waals surface area (Å²) in [6.07, 6.45) is 1.32. The van der Waals surface area contributed by atoms with Gasteiger partial charge in [-0.3, -0.25) is 0 Å². The Hall–Kier alpha value is -2.43. The fourth-order valence-electron chi connectivity index (χ4n) is 1.59. The van der Waals surface area contributed by atoms with Crippen molar-refractivity contribution < 1.29 is 13.9 Å². The molecule has 1 heterocycles. The number of halogens is 1. The molecule has 0 radical (unpaired) electrons. The van der Waals surface area contributed by atoms with Gasteiger partial charge in [-0.2, -0.15) is 0 Å². The number of rotatable bonds is 2. The summed E-state index contributed by atoms with van der Waals surface area (Å²) in [5.74, 6) is -0.663. The predicted molar refractivity (Wildman–Crippen MR) is 65.4 cm³/mol. The van der Waals surface area contributed by atoms with Gasteiger partial charge in [-0.15, -0.1) is 0 Å². The van der Waals surface area contributed by atoms with E-state index in [1.807, 2.05) is 0 Å². The number of aromatic nitrogens is 1. The van der Waals surface area contributed by atoms with Crippen LogP contribution >= 0.6 is 0 Å². The zero-order chi connectivity index (χ0) is 13.1. The molecule has 18 heavy (non-hydrogen) atoms. The Morgan fingerprint density at radius 3 is 2.83 bits per heavy atom. The Kier molecular flexibility index (Phi) is 3.23. The third-order valence-corrected chi connectivity index (χ3v) is 2.48. The Bertz CT molecular complexity index is 599. The van der Waals surface area contributed by atoms with E-state index in [0.29, 0.717) is 11.1 Å².